The summed E-state index contributed by atoms with van der Waals surface area (Å²) in [6.07, 6.45) is 2.22. The van der Waals surface area contributed by atoms with Gasteiger partial charge in [0.15, 0.2) is 0 Å². The number of carboxylic acids is 1. The van der Waals surface area contributed by atoms with Crippen LogP contribution in [0.25, 0.3) is 0 Å². The molecule has 1 aromatic rings. The molecule has 1 aromatic carbocycles. The van der Waals surface area contributed by atoms with Crippen molar-refractivity contribution >= 4 is 23.5 Å². The van der Waals surface area contributed by atoms with Crippen molar-refractivity contribution in [2.24, 2.45) is 0 Å². The number of carbonyl (C=O) groups is 3. The van der Waals surface area contributed by atoms with Gasteiger partial charge in [0.2, 0.25) is 5.91 Å². The van der Waals surface area contributed by atoms with Crippen molar-refractivity contribution in [1.82, 2.24) is 4.90 Å². The number of carboxylic acid groups (broad SMARTS) is 1. The highest BCUT2D eigenvalue weighted by Crippen LogP contribution is 2.26. The molecule has 2 N–H and O–H groups in total. The number of nitrogens with one attached hydrogen (secondary N) is 1. The number of hydrogen-bond donors (Lipinski definition) is 2. The maximum Gasteiger partial charge on any atom is 0.326 e. The zero-order valence-corrected chi connectivity index (χ0v) is 11.5. The van der Waals surface area contributed by atoms with Crippen LogP contribution in [0.2, 0.25) is 0 Å². The van der Waals surface area contributed by atoms with E-state index in [-0.39, 0.29) is 11.8 Å². The second-order valence-electron chi connectivity index (χ2n) is 5.41. The first-order valence-corrected chi connectivity index (χ1v) is 7.03. The van der Waals surface area contributed by atoms with E-state index in [1.165, 1.54) is 4.90 Å². The highest BCUT2D eigenvalue weighted by molar-refractivity contribution is 5.99. The molecule has 2 amide bonds. The number of anilines is 1. The number of hydrogen-bond acceptors (Lipinski definition) is 3. The van der Waals surface area contributed by atoms with Gasteiger partial charge in [0, 0.05) is 24.2 Å². The Morgan fingerprint density at radius 3 is 2.86 bits per heavy atom. The van der Waals surface area contributed by atoms with Crippen LogP contribution in [0.15, 0.2) is 18.2 Å². The van der Waals surface area contributed by atoms with Gasteiger partial charge >= 0.3 is 5.97 Å². The average Bonchev–Trinajstić information content (AvgIpc) is 2.95. The molecule has 21 heavy (non-hydrogen) atoms. The van der Waals surface area contributed by atoms with Crippen LogP contribution in [0.5, 0.6) is 0 Å². The third-order valence-electron chi connectivity index (χ3n) is 4.05. The summed E-state index contributed by atoms with van der Waals surface area (Å²) >= 11 is 0. The van der Waals surface area contributed by atoms with Gasteiger partial charge < -0.3 is 15.3 Å². The molecular weight excluding hydrogens is 272 g/mol. The highest BCUT2D eigenvalue weighted by Gasteiger charge is 2.34. The van der Waals surface area contributed by atoms with E-state index in [4.69, 9.17) is 5.11 Å². The molecule has 1 unspecified atom stereocenters. The number of aliphatic carboxylic acids is 1. The van der Waals surface area contributed by atoms with Gasteiger partial charge in [-0.3, -0.25) is 9.59 Å². The van der Waals surface area contributed by atoms with Crippen LogP contribution in [0.1, 0.15) is 35.2 Å². The van der Waals surface area contributed by atoms with Crippen LogP contribution >= 0.6 is 0 Å². The molecule has 0 spiro atoms. The first kappa shape index (κ1) is 13.6. The minimum Gasteiger partial charge on any atom is -0.480 e. The SMILES string of the molecule is O=C1CCc2cc(C(=O)N3CCCC3C(=O)O)ccc2N1. The number of likely N-dealkylation sites (tertiary alicyclic amines) is 1. The van der Waals surface area contributed by atoms with Crippen molar-refractivity contribution in [2.75, 3.05) is 11.9 Å². The predicted octanol–water partition coefficient (Wildman–Crippen LogP) is 1.26. The quantitative estimate of drug-likeness (QED) is 0.857. The molecule has 0 radical (unpaired) electrons. The Labute approximate surface area is 121 Å². The lowest BCUT2D eigenvalue weighted by Gasteiger charge is -2.23. The van der Waals surface area contributed by atoms with Crippen LogP contribution in [0.4, 0.5) is 5.69 Å². The number of benzene rings is 1. The third-order valence-corrected chi connectivity index (χ3v) is 4.05. The molecule has 0 aliphatic carbocycles. The van der Waals surface area contributed by atoms with Crippen LogP contribution in [-0.2, 0) is 16.0 Å². The Balaban J connectivity index is 1.85. The Hall–Kier alpha value is -2.37. The van der Waals surface area contributed by atoms with Crippen LogP contribution in [0, 0.1) is 0 Å². The van der Waals surface area contributed by atoms with E-state index < -0.39 is 12.0 Å². The third kappa shape index (κ3) is 2.49. The number of nitrogens with zero attached hydrogens (tertiary/aromatic N) is 1. The van der Waals surface area contributed by atoms with E-state index in [9.17, 15) is 14.4 Å². The molecule has 3 rings (SSSR count). The molecule has 2 aliphatic rings. The first-order valence-electron chi connectivity index (χ1n) is 7.03. The summed E-state index contributed by atoms with van der Waals surface area (Å²) in [6.45, 7) is 0.476. The van der Waals surface area contributed by atoms with Gasteiger partial charge in [0.25, 0.3) is 5.91 Å². The predicted molar refractivity (Wildman–Crippen MR) is 75.1 cm³/mol. The molecule has 2 heterocycles. The molecule has 1 fully saturated rings. The Bertz CT molecular complexity index is 626. The lowest BCUT2D eigenvalue weighted by molar-refractivity contribution is -0.141. The highest BCUT2D eigenvalue weighted by atomic mass is 16.4. The van der Waals surface area contributed by atoms with Crippen molar-refractivity contribution in [2.45, 2.75) is 31.7 Å². The number of fused-ring (bicyclic) bond motifs is 1. The summed E-state index contributed by atoms with van der Waals surface area (Å²) in [5.41, 5.74) is 2.14. The number of amides is 2. The van der Waals surface area contributed by atoms with Crippen LogP contribution in [-0.4, -0.2) is 40.4 Å². The maximum absolute atomic E-state index is 12.5. The van der Waals surface area contributed by atoms with E-state index >= 15 is 0 Å². The second-order valence-corrected chi connectivity index (χ2v) is 5.41. The van der Waals surface area contributed by atoms with Gasteiger partial charge in [0.1, 0.15) is 6.04 Å². The summed E-state index contributed by atoms with van der Waals surface area (Å²) in [7, 11) is 0. The fourth-order valence-corrected chi connectivity index (χ4v) is 2.95. The van der Waals surface area contributed by atoms with Gasteiger partial charge in [-0.1, -0.05) is 0 Å². The maximum atomic E-state index is 12.5. The molecule has 6 nitrogen and oxygen atoms in total. The summed E-state index contributed by atoms with van der Waals surface area (Å²) in [4.78, 5) is 36.4. The largest absolute Gasteiger partial charge is 0.480 e. The van der Waals surface area contributed by atoms with Crippen LogP contribution < -0.4 is 5.32 Å². The van der Waals surface area contributed by atoms with Crippen molar-refractivity contribution < 1.29 is 19.5 Å². The van der Waals surface area contributed by atoms with E-state index in [1.54, 1.807) is 18.2 Å². The Morgan fingerprint density at radius 1 is 1.29 bits per heavy atom. The fourth-order valence-electron chi connectivity index (χ4n) is 2.95. The van der Waals surface area contributed by atoms with E-state index in [2.05, 4.69) is 5.32 Å². The van der Waals surface area contributed by atoms with Crippen LogP contribution in [0.3, 0.4) is 0 Å². The zero-order valence-electron chi connectivity index (χ0n) is 11.5. The van der Waals surface area contributed by atoms with Gasteiger partial charge in [-0.05, 0) is 43.0 Å². The zero-order chi connectivity index (χ0) is 15.0. The Kier molecular flexibility index (Phi) is 3.37. The normalized spacial score (nSPS) is 20.9. The molecule has 0 aromatic heterocycles. The second kappa shape index (κ2) is 5.20. The summed E-state index contributed by atoms with van der Waals surface area (Å²) in [5.74, 6) is -1.22. The summed E-state index contributed by atoms with van der Waals surface area (Å²) < 4.78 is 0. The number of carbonyl (C=O) groups excluding carboxylic acids is 2. The van der Waals surface area contributed by atoms with Gasteiger partial charge in [-0.25, -0.2) is 4.79 Å². The van der Waals surface area contributed by atoms with Gasteiger partial charge in [-0.2, -0.15) is 0 Å². The molecule has 1 saturated heterocycles. The van der Waals surface area contributed by atoms with Crippen molar-refractivity contribution in [3.8, 4) is 0 Å². The smallest absolute Gasteiger partial charge is 0.326 e. The van der Waals surface area contributed by atoms with Gasteiger partial charge in [-0.15, -0.1) is 0 Å². The standard InChI is InChI=1S/C15H16N2O4/c18-13-6-4-9-8-10(3-5-11(9)16-13)14(19)17-7-1-2-12(17)15(20)21/h3,5,8,12H,1-2,4,6-7H2,(H,16,18)(H,20,21). The van der Waals surface area contributed by atoms with Crippen molar-refractivity contribution in [1.29, 1.82) is 0 Å². The fraction of sp³-hybridized carbons (Fsp3) is 0.400. The topological polar surface area (TPSA) is 86.7 Å². The van der Waals surface area contributed by atoms with E-state index in [0.717, 1.165) is 11.3 Å². The molecule has 2 aliphatic heterocycles. The number of aryl methyl sites for hydroxylation is 1. The first-order chi connectivity index (χ1) is 10.1. The lowest BCUT2D eigenvalue weighted by atomic mass is 10.00. The molecule has 0 saturated carbocycles. The Morgan fingerprint density at radius 2 is 2.10 bits per heavy atom. The van der Waals surface area contributed by atoms with E-state index in [1.807, 2.05) is 0 Å². The van der Waals surface area contributed by atoms with Crippen molar-refractivity contribution in [3.05, 3.63) is 29.3 Å². The number of rotatable bonds is 2. The lowest BCUT2D eigenvalue weighted by Crippen LogP contribution is -2.40. The minimum atomic E-state index is -0.953. The summed E-state index contributed by atoms with van der Waals surface area (Å²) in [5, 5.41) is 11.9. The molecule has 110 valence electrons. The van der Waals surface area contributed by atoms with Crippen molar-refractivity contribution in [3.63, 3.8) is 0 Å². The molecule has 0 bridgehead atoms. The summed E-state index contributed by atoms with van der Waals surface area (Å²) in [6, 6.07) is 4.39. The van der Waals surface area contributed by atoms with E-state index in [0.29, 0.717) is 37.8 Å². The molecular formula is C15H16N2O4. The molecule has 1 atom stereocenters. The minimum absolute atomic E-state index is 0.0212. The molecule has 6 heteroatoms. The monoisotopic (exact) mass is 288 g/mol. The average molecular weight is 288 g/mol. The van der Waals surface area contributed by atoms with Gasteiger partial charge in [0.05, 0.1) is 0 Å².